The molecule has 26 heavy (non-hydrogen) atoms. The van der Waals surface area contributed by atoms with Gasteiger partial charge < -0.3 is 4.52 Å². The van der Waals surface area contributed by atoms with E-state index in [1.165, 1.54) is 5.56 Å². The summed E-state index contributed by atoms with van der Waals surface area (Å²) in [6.07, 6.45) is 3.44. The summed E-state index contributed by atoms with van der Waals surface area (Å²) < 4.78 is 7.37. The molecule has 3 heterocycles. The van der Waals surface area contributed by atoms with Crippen molar-refractivity contribution in [1.82, 2.24) is 24.9 Å². The zero-order valence-electron chi connectivity index (χ0n) is 14.2. The summed E-state index contributed by atoms with van der Waals surface area (Å²) in [5.74, 6) is 2.25. The van der Waals surface area contributed by atoms with Gasteiger partial charge in [-0.1, -0.05) is 41.2 Å². The zero-order chi connectivity index (χ0) is 17.8. The van der Waals surface area contributed by atoms with E-state index < -0.39 is 0 Å². The molecule has 8 heteroatoms. The zero-order valence-corrected chi connectivity index (χ0v) is 15.8. The second-order valence-corrected chi connectivity index (χ2v) is 7.72. The first-order valence-corrected chi connectivity index (χ1v) is 10.1. The molecule has 0 aliphatic heterocycles. The molecule has 0 unspecified atom stereocenters. The van der Waals surface area contributed by atoms with Crippen molar-refractivity contribution in [3.8, 4) is 16.4 Å². The highest BCUT2D eigenvalue weighted by atomic mass is 32.2. The van der Waals surface area contributed by atoms with Gasteiger partial charge in [0.2, 0.25) is 11.7 Å². The lowest BCUT2D eigenvalue weighted by molar-refractivity contribution is 0.378. The van der Waals surface area contributed by atoms with Crippen LogP contribution in [0.3, 0.4) is 0 Å². The number of hydrogen-bond donors (Lipinski definition) is 0. The largest absolute Gasteiger partial charge is 0.339 e. The predicted molar refractivity (Wildman–Crippen MR) is 103 cm³/mol. The Labute approximate surface area is 159 Å². The third-order valence-electron chi connectivity index (χ3n) is 3.87. The number of thiophene rings is 1. The number of aryl methyl sites for hydroxylation is 2. The quantitative estimate of drug-likeness (QED) is 0.348. The molecule has 0 aliphatic carbocycles. The molecule has 4 aromatic rings. The standard InChI is InChI=1S/C18H17N5OS2/c1-13-6-2-3-7-14(13)23-12-19-21-18(23)26-11-5-9-16-20-17(22-24-16)15-8-4-10-25-15/h2-4,6-8,10,12H,5,9,11H2,1H3. The van der Waals surface area contributed by atoms with E-state index in [2.05, 4.69) is 39.4 Å². The van der Waals surface area contributed by atoms with Crippen molar-refractivity contribution in [2.75, 3.05) is 5.75 Å². The molecule has 0 spiro atoms. The molecule has 0 aliphatic rings. The second-order valence-electron chi connectivity index (χ2n) is 5.71. The summed E-state index contributed by atoms with van der Waals surface area (Å²) in [6.45, 7) is 2.09. The van der Waals surface area contributed by atoms with Crippen LogP contribution in [0, 0.1) is 6.92 Å². The van der Waals surface area contributed by atoms with Crippen LogP contribution in [0.25, 0.3) is 16.4 Å². The van der Waals surface area contributed by atoms with Crippen LogP contribution in [-0.2, 0) is 6.42 Å². The number of para-hydroxylation sites is 1. The lowest BCUT2D eigenvalue weighted by atomic mass is 10.2. The molecule has 0 saturated carbocycles. The molecule has 1 aromatic carbocycles. The van der Waals surface area contributed by atoms with Crippen molar-refractivity contribution in [2.24, 2.45) is 0 Å². The van der Waals surface area contributed by atoms with Gasteiger partial charge in [-0.05, 0) is 36.4 Å². The number of rotatable bonds is 7. The highest BCUT2D eigenvalue weighted by molar-refractivity contribution is 7.99. The Hall–Kier alpha value is -2.45. The van der Waals surface area contributed by atoms with Gasteiger partial charge in [-0.25, -0.2) is 0 Å². The van der Waals surface area contributed by atoms with Crippen LogP contribution in [0.5, 0.6) is 0 Å². The maximum absolute atomic E-state index is 5.34. The molecule has 4 rings (SSSR count). The Kier molecular flexibility index (Phi) is 5.12. The SMILES string of the molecule is Cc1ccccc1-n1cnnc1SCCCc1nc(-c2cccs2)no1. The van der Waals surface area contributed by atoms with Crippen molar-refractivity contribution in [3.05, 3.63) is 59.6 Å². The highest BCUT2D eigenvalue weighted by Crippen LogP contribution is 2.24. The van der Waals surface area contributed by atoms with Crippen LogP contribution < -0.4 is 0 Å². The fourth-order valence-electron chi connectivity index (χ4n) is 2.57. The first-order valence-electron chi connectivity index (χ1n) is 8.26. The van der Waals surface area contributed by atoms with E-state index in [1.54, 1.807) is 29.4 Å². The lowest BCUT2D eigenvalue weighted by Gasteiger charge is -2.08. The fourth-order valence-corrected chi connectivity index (χ4v) is 4.08. The van der Waals surface area contributed by atoms with E-state index in [1.807, 2.05) is 34.2 Å². The van der Waals surface area contributed by atoms with Gasteiger partial charge in [-0.2, -0.15) is 4.98 Å². The van der Waals surface area contributed by atoms with Gasteiger partial charge in [-0.15, -0.1) is 21.5 Å². The number of benzene rings is 1. The number of aromatic nitrogens is 5. The van der Waals surface area contributed by atoms with Crippen molar-refractivity contribution in [3.63, 3.8) is 0 Å². The third-order valence-corrected chi connectivity index (χ3v) is 5.76. The number of thioether (sulfide) groups is 1. The van der Waals surface area contributed by atoms with Crippen molar-refractivity contribution in [1.29, 1.82) is 0 Å². The van der Waals surface area contributed by atoms with E-state index in [0.29, 0.717) is 11.7 Å². The molecule has 0 radical (unpaired) electrons. The summed E-state index contributed by atoms with van der Waals surface area (Å²) in [5.41, 5.74) is 2.30. The minimum Gasteiger partial charge on any atom is -0.339 e. The average molecular weight is 384 g/mol. The van der Waals surface area contributed by atoms with Gasteiger partial charge in [0, 0.05) is 12.2 Å². The maximum Gasteiger partial charge on any atom is 0.227 e. The van der Waals surface area contributed by atoms with Gasteiger partial charge in [0.15, 0.2) is 5.16 Å². The Bertz CT molecular complexity index is 977. The van der Waals surface area contributed by atoms with Crippen LogP contribution in [0.2, 0.25) is 0 Å². The van der Waals surface area contributed by atoms with Crippen molar-refractivity contribution >= 4 is 23.1 Å². The summed E-state index contributed by atoms with van der Waals surface area (Å²) in [5, 5.41) is 15.2. The van der Waals surface area contributed by atoms with Gasteiger partial charge >= 0.3 is 0 Å². The summed E-state index contributed by atoms with van der Waals surface area (Å²) >= 11 is 3.29. The molecule has 0 saturated heterocycles. The Morgan fingerprint density at radius 2 is 2.12 bits per heavy atom. The van der Waals surface area contributed by atoms with Crippen molar-refractivity contribution < 1.29 is 4.52 Å². The van der Waals surface area contributed by atoms with Crippen LogP contribution in [0.4, 0.5) is 0 Å². The normalized spacial score (nSPS) is 11.1. The van der Waals surface area contributed by atoms with Crippen LogP contribution in [0.1, 0.15) is 17.9 Å². The van der Waals surface area contributed by atoms with Gasteiger partial charge in [0.25, 0.3) is 0 Å². The van der Waals surface area contributed by atoms with Gasteiger partial charge in [0.1, 0.15) is 6.33 Å². The molecule has 0 amide bonds. The first-order chi connectivity index (χ1) is 12.8. The van der Waals surface area contributed by atoms with E-state index in [4.69, 9.17) is 4.52 Å². The fraction of sp³-hybridized carbons (Fsp3) is 0.222. The molecule has 0 fully saturated rings. The molecule has 0 N–H and O–H groups in total. The van der Waals surface area contributed by atoms with Gasteiger partial charge in [0.05, 0.1) is 10.6 Å². The monoisotopic (exact) mass is 383 g/mol. The number of hydrogen-bond acceptors (Lipinski definition) is 7. The van der Waals surface area contributed by atoms with E-state index in [0.717, 1.165) is 34.3 Å². The average Bonchev–Trinajstić information content (AvgIpc) is 3.39. The molecular formula is C18H17N5OS2. The lowest BCUT2D eigenvalue weighted by Crippen LogP contribution is -1.98. The Morgan fingerprint density at radius 3 is 2.96 bits per heavy atom. The predicted octanol–water partition coefficient (Wildman–Crippen LogP) is 4.41. The second kappa shape index (κ2) is 7.84. The smallest absolute Gasteiger partial charge is 0.227 e. The molecule has 132 valence electrons. The maximum atomic E-state index is 5.34. The highest BCUT2D eigenvalue weighted by Gasteiger charge is 2.11. The molecule has 6 nitrogen and oxygen atoms in total. The molecule has 0 atom stereocenters. The van der Waals surface area contributed by atoms with Crippen LogP contribution >= 0.6 is 23.1 Å². The minimum atomic E-state index is 0.668. The number of nitrogens with zero attached hydrogens (tertiary/aromatic N) is 5. The topological polar surface area (TPSA) is 69.6 Å². The van der Waals surface area contributed by atoms with Crippen LogP contribution in [0.15, 0.2) is 57.8 Å². The minimum absolute atomic E-state index is 0.668. The molecular weight excluding hydrogens is 366 g/mol. The summed E-state index contributed by atoms with van der Waals surface area (Å²) in [7, 11) is 0. The van der Waals surface area contributed by atoms with Crippen molar-refractivity contribution in [2.45, 2.75) is 24.9 Å². The third kappa shape index (κ3) is 3.71. The summed E-state index contributed by atoms with van der Waals surface area (Å²) in [6, 6.07) is 12.2. The Balaban J connectivity index is 1.34. The van der Waals surface area contributed by atoms with E-state index in [9.17, 15) is 0 Å². The van der Waals surface area contributed by atoms with Gasteiger partial charge in [-0.3, -0.25) is 4.57 Å². The first kappa shape index (κ1) is 17.0. The van der Waals surface area contributed by atoms with E-state index >= 15 is 0 Å². The summed E-state index contributed by atoms with van der Waals surface area (Å²) in [4.78, 5) is 5.48. The van der Waals surface area contributed by atoms with Crippen LogP contribution in [-0.4, -0.2) is 30.7 Å². The van der Waals surface area contributed by atoms with E-state index in [-0.39, 0.29) is 0 Å². The Morgan fingerprint density at radius 1 is 1.19 bits per heavy atom. The molecule has 0 bridgehead atoms. The molecule has 3 aromatic heterocycles.